The smallest absolute Gasteiger partial charge is 0.264 e. The van der Waals surface area contributed by atoms with Gasteiger partial charge in [-0.15, -0.1) is 0 Å². The lowest BCUT2D eigenvalue weighted by Gasteiger charge is -2.22. The van der Waals surface area contributed by atoms with E-state index in [1.165, 1.54) is 0 Å². The van der Waals surface area contributed by atoms with E-state index in [1.807, 2.05) is 25.1 Å². The van der Waals surface area contributed by atoms with Crippen molar-refractivity contribution in [2.75, 3.05) is 11.4 Å². The molecule has 3 rings (SSSR count). The highest BCUT2D eigenvalue weighted by Crippen LogP contribution is 2.42. The summed E-state index contributed by atoms with van der Waals surface area (Å²) in [7, 11) is 0. The lowest BCUT2D eigenvalue weighted by atomic mass is 9.88. The van der Waals surface area contributed by atoms with Gasteiger partial charge in [-0.25, -0.2) is 0 Å². The van der Waals surface area contributed by atoms with Crippen molar-refractivity contribution in [1.29, 1.82) is 0 Å². The number of nitrogens with zero attached hydrogens (tertiary/aromatic N) is 1. The molecule has 2 aromatic carbocycles. The molecule has 1 heterocycles. The number of carbonyl (C=O) groups is 2. The number of anilines is 1. The van der Waals surface area contributed by atoms with Crippen LogP contribution in [-0.4, -0.2) is 23.3 Å². The maximum absolute atomic E-state index is 12.8. The predicted molar refractivity (Wildman–Crippen MR) is 88.4 cm³/mol. The molecule has 0 bridgehead atoms. The molecule has 0 spiro atoms. The van der Waals surface area contributed by atoms with Gasteiger partial charge in [-0.2, -0.15) is 0 Å². The highest BCUT2D eigenvalue weighted by atomic mass is 16.3. The summed E-state index contributed by atoms with van der Waals surface area (Å²) in [6, 6.07) is 15.9. The standard InChI is InChI=1S/C19H19NO3/c1-2-12-20-16-11-7-6-10-15(16)19(23,18(20)22)13-17(21)14-8-4-3-5-9-14/h3-11,23H,2,12-13H2,1H3/t19-/m0/s1. The normalized spacial score (nSPS) is 19.7. The third-order valence-corrected chi connectivity index (χ3v) is 4.20. The molecule has 0 saturated heterocycles. The van der Waals surface area contributed by atoms with Crippen LogP contribution < -0.4 is 4.90 Å². The van der Waals surface area contributed by atoms with E-state index >= 15 is 0 Å². The molecule has 0 aromatic heterocycles. The number of benzene rings is 2. The molecule has 0 saturated carbocycles. The summed E-state index contributed by atoms with van der Waals surface area (Å²) in [5, 5.41) is 11.0. The second kappa shape index (κ2) is 5.97. The topological polar surface area (TPSA) is 57.6 Å². The Morgan fingerprint density at radius 2 is 1.74 bits per heavy atom. The van der Waals surface area contributed by atoms with Crippen molar-refractivity contribution in [1.82, 2.24) is 0 Å². The summed E-state index contributed by atoms with van der Waals surface area (Å²) in [6.45, 7) is 2.50. The van der Waals surface area contributed by atoms with Crippen LogP contribution in [0, 0.1) is 0 Å². The highest BCUT2D eigenvalue weighted by molar-refractivity contribution is 6.10. The third-order valence-electron chi connectivity index (χ3n) is 4.20. The summed E-state index contributed by atoms with van der Waals surface area (Å²) in [6.07, 6.45) is 0.538. The van der Waals surface area contributed by atoms with Gasteiger partial charge >= 0.3 is 0 Å². The van der Waals surface area contributed by atoms with Gasteiger partial charge in [-0.3, -0.25) is 9.59 Å². The lowest BCUT2D eigenvalue weighted by molar-refractivity contribution is -0.135. The van der Waals surface area contributed by atoms with E-state index in [2.05, 4.69) is 0 Å². The van der Waals surface area contributed by atoms with E-state index in [-0.39, 0.29) is 12.2 Å². The Bertz CT molecular complexity index is 741. The molecule has 1 N–H and O–H groups in total. The van der Waals surface area contributed by atoms with Gasteiger partial charge in [0.2, 0.25) is 0 Å². The lowest BCUT2D eigenvalue weighted by Crippen LogP contribution is -2.42. The van der Waals surface area contributed by atoms with Crippen molar-refractivity contribution in [3.05, 3.63) is 65.7 Å². The predicted octanol–water partition coefficient (Wildman–Crippen LogP) is 2.90. The molecule has 1 aliphatic rings. The van der Waals surface area contributed by atoms with Crippen LogP contribution in [0.15, 0.2) is 54.6 Å². The quantitative estimate of drug-likeness (QED) is 0.864. The Morgan fingerprint density at radius 1 is 1.09 bits per heavy atom. The summed E-state index contributed by atoms with van der Waals surface area (Å²) in [4.78, 5) is 26.8. The van der Waals surface area contributed by atoms with Gasteiger partial charge in [0.05, 0.1) is 12.1 Å². The number of hydrogen-bond donors (Lipinski definition) is 1. The number of carbonyl (C=O) groups excluding carboxylic acids is 2. The zero-order valence-electron chi connectivity index (χ0n) is 13.0. The second-order valence-corrected chi connectivity index (χ2v) is 5.80. The Labute approximate surface area is 135 Å². The Morgan fingerprint density at radius 3 is 2.43 bits per heavy atom. The minimum absolute atomic E-state index is 0.241. The zero-order chi connectivity index (χ0) is 16.4. The number of amides is 1. The van der Waals surface area contributed by atoms with Crippen LogP contribution in [0.4, 0.5) is 5.69 Å². The van der Waals surface area contributed by atoms with Crippen molar-refractivity contribution in [2.45, 2.75) is 25.4 Å². The molecule has 23 heavy (non-hydrogen) atoms. The van der Waals surface area contributed by atoms with Crippen molar-refractivity contribution in [3.8, 4) is 0 Å². The fourth-order valence-corrected chi connectivity index (χ4v) is 3.08. The third kappa shape index (κ3) is 2.55. The molecular weight excluding hydrogens is 290 g/mol. The average Bonchev–Trinajstić information content (AvgIpc) is 2.78. The van der Waals surface area contributed by atoms with E-state index in [0.717, 1.165) is 6.42 Å². The number of rotatable bonds is 5. The first-order valence-corrected chi connectivity index (χ1v) is 7.80. The van der Waals surface area contributed by atoms with Crippen molar-refractivity contribution in [3.63, 3.8) is 0 Å². The van der Waals surface area contributed by atoms with Crippen LogP contribution in [0.5, 0.6) is 0 Å². The molecule has 4 nitrogen and oxygen atoms in total. The molecule has 4 heteroatoms. The van der Waals surface area contributed by atoms with Crippen LogP contribution >= 0.6 is 0 Å². The summed E-state index contributed by atoms with van der Waals surface area (Å²) < 4.78 is 0. The number of ketones is 1. The van der Waals surface area contributed by atoms with Gasteiger partial charge in [0.15, 0.2) is 11.4 Å². The molecule has 118 valence electrons. The van der Waals surface area contributed by atoms with Gasteiger partial charge in [-0.1, -0.05) is 55.5 Å². The summed E-state index contributed by atoms with van der Waals surface area (Å²) >= 11 is 0. The van der Waals surface area contributed by atoms with Gasteiger partial charge in [0.1, 0.15) is 0 Å². The van der Waals surface area contributed by atoms with Crippen LogP contribution in [0.2, 0.25) is 0 Å². The summed E-state index contributed by atoms with van der Waals surface area (Å²) in [5.74, 6) is -0.653. The monoisotopic (exact) mass is 309 g/mol. The fourth-order valence-electron chi connectivity index (χ4n) is 3.08. The van der Waals surface area contributed by atoms with E-state index < -0.39 is 11.5 Å². The molecule has 2 aromatic rings. The Hall–Kier alpha value is -2.46. The van der Waals surface area contributed by atoms with Crippen LogP contribution in [0.25, 0.3) is 0 Å². The van der Waals surface area contributed by atoms with Crippen molar-refractivity contribution in [2.24, 2.45) is 0 Å². The van der Waals surface area contributed by atoms with Gasteiger partial charge in [-0.05, 0) is 12.5 Å². The molecule has 1 aliphatic heterocycles. The number of hydrogen-bond acceptors (Lipinski definition) is 3. The zero-order valence-corrected chi connectivity index (χ0v) is 13.0. The van der Waals surface area contributed by atoms with Crippen LogP contribution in [0.3, 0.4) is 0 Å². The maximum Gasteiger partial charge on any atom is 0.264 e. The molecule has 0 aliphatic carbocycles. The average molecular weight is 309 g/mol. The van der Waals surface area contributed by atoms with Crippen molar-refractivity contribution >= 4 is 17.4 Å². The number of fused-ring (bicyclic) bond motifs is 1. The van der Waals surface area contributed by atoms with Gasteiger partial charge in [0.25, 0.3) is 5.91 Å². The van der Waals surface area contributed by atoms with Crippen molar-refractivity contribution < 1.29 is 14.7 Å². The van der Waals surface area contributed by atoms with Gasteiger partial charge in [0, 0.05) is 17.7 Å². The molecule has 1 atom stereocenters. The van der Waals surface area contributed by atoms with E-state index in [0.29, 0.717) is 23.4 Å². The molecule has 1 amide bonds. The largest absolute Gasteiger partial charge is 0.375 e. The Kier molecular flexibility index (Phi) is 4.01. The SMILES string of the molecule is CCCN1C(=O)[C@](O)(CC(=O)c2ccccc2)c2ccccc21. The molecule has 0 radical (unpaired) electrons. The molecular formula is C19H19NO3. The van der Waals surface area contributed by atoms with Gasteiger partial charge < -0.3 is 10.0 Å². The Balaban J connectivity index is 1.97. The van der Waals surface area contributed by atoms with E-state index in [9.17, 15) is 14.7 Å². The number of para-hydroxylation sites is 1. The molecule has 0 fully saturated rings. The minimum Gasteiger partial charge on any atom is -0.375 e. The minimum atomic E-state index is -1.78. The maximum atomic E-state index is 12.8. The number of aliphatic hydroxyl groups is 1. The highest BCUT2D eigenvalue weighted by Gasteiger charge is 2.50. The first kappa shape index (κ1) is 15.4. The van der Waals surface area contributed by atoms with Crippen LogP contribution in [-0.2, 0) is 10.4 Å². The number of Topliss-reactive ketones (excluding diaryl/α,β-unsaturated/α-hetero) is 1. The van der Waals surface area contributed by atoms with Crippen LogP contribution in [0.1, 0.15) is 35.7 Å². The fraction of sp³-hybridized carbons (Fsp3) is 0.263. The first-order chi connectivity index (χ1) is 11.1. The van der Waals surface area contributed by atoms with E-state index in [1.54, 1.807) is 41.3 Å². The van der Waals surface area contributed by atoms with E-state index in [4.69, 9.17) is 0 Å². The second-order valence-electron chi connectivity index (χ2n) is 5.80. The first-order valence-electron chi connectivity index (χ1n) is 7.80. The molecule has 0 unspecified atom stereocenters. The summed E-state index contributed by atoms with van der Waals surface area (Å²) in [5.41, 5.74) is -0.0656.